The minimum Gasteiger partial charge on any atom is -0.467 e. The van der Waals surface area contributed by atoms with Gasteiger partial charge in [-0.2, -0.15) is 0 Å². The van der Waals surface area contributed by atoms with Crippen molar-refractivity contribution >= 4 is 51.7 Å². The topological polar surface area (TPSA) is 79.8 Å². The van der Waals surface area contributed by atoms with Crippen LogP contribution in [0.25, 0.3) is 11.7 Å². The van der Waals surface area contributed by atoms with Gasteiger partial charge in [0.15, 0.2) is 0 Å². The van der Waals surface area contributed by atoms with Gasteiger partial charge in [-0.3, -0.25) is 18.9 Å². The number of nitrogens with zero attached hydrogens (tertiary/aromatic N) is 3. The minimum atomic E-state index is -0.269. The second-order valence-electron chi connectivity index (χ2n) is 5.97. The summed E-state index contributed by atoms with van der Waals surface area (Å²) in [5.74, 6) is 0.889. The zero-order valence-electron chi connectivity index (χ0n) is 14.9. The van der Waals surface area contributed by atoms with E-state index in [1.165, 1.54) is 21.1 Å². The first kappa shape index (κ1) is 18.5. The Morgan fingerprint density at radius 2 is 2.14 bits per heavy atom. The van der Waals surface area contributed by atoms with Gasteiger partial charge in [-0.05, 0) is 37.3 Å². The lowest BCUT2D eigenvalue weighted by molar-refractivity contribution is -0.121. The molecular formula is C19H16N4O3S2. The predicted octanol–water partition coefficient (Wildman–Crippen LogP) is 3.12. The van der Waals surface area contributed by atoms with Crippen LogP contribution in [0, 0.1) is 0 Å². The van der Waals surface area contributed by atoms with Crippen LogP contribution < -0.4 is 10.9 Å². The van der Waals surface area contributed by atoms with E-state index in [1.54, 1.807) is 36.7 Å². The molecule has 3 aromatic heterocycles. The van der Waals surface area contributed by atoms with E-state index in [0.717, 1.165) is 0 Å². The Hall–Kier alpha value is -2.91. The summed E-state index contributed by atoms with van der Waals surface area (Å²) in [6.07, 6.45) is 4.79. The number of fused-ring (bicyclic) bond motifs is 1. The summed E-state index contributed by atoms with van der Waals surface area (Å²) < 4.78 is 7.27. The van der Waals surface area contributed by atoms with Gasteiger partial charge < -0.3 is 9.73 Å². The average Bonchev–Trinajstić information content (AvgIpc) is 3.30. The number of thioether (sulfide) groups is 1. The van der Waals surface area contributed by atoms with E-state index in [4.69, 9.17) is 16.6 Å². The van der Waals surface area contributed by atoms with Crippen LogP contribution in [-0.2, 0) is 11.3 Å². The highest BCUT2D eigenvalue weighted by atomic mass is 32.2. The van der Waals surface area contributed by atoms with Crippen molar-refractivity contribution in [3.05, 3.63) is 69.4 Å². The summed E-state index contributed by atoms with van der Waals surface area (Å²) in [5, 5.41) is 3.14. The number of likely N-dealkylation sites (N-methyl/N-ethyl adjacent to an activating group) is 1. The molecule has 0 atom stereocenters. The van der Waals surface area contributed by atoms with Crippen LogP contribution in [0.3, 0.4) is 0 Å². The predicted molar refractivity (Wildman–Crippen MR) is 113 cm³/mol. The number of hydrogen-bond donors (Lipinski definition) is 1. The van der Waals surface area contributed by atoms with Gasteiger partial charge in [0.25, 0.3) is 11.5 Å². The summed E-state index contributed by atoms with van der Waals surface area (Å²) in [5.41, 5.74) is 0.536. The fraction of sp³-hybridized carbons (Fsp3) is 0.158. The van der Waals surface area contributed by atoms with Crippen molar-refractivity contribution in [3.63, 3.8) is 0 Å². The third kappa shape index (κ3) is 3.34. The number of thiocarbonyl (C=S) groups is 1. The molecule has 1 N–H and O–H groups in total. The number of furan rings is 1. The van der Waals surface area contributed by atoms with E-state index in [9.17, 15) is 9.59 Å². The number of pyridine rings is 1. The summed E-state index contributed by atoms with van der Waals surface area (Å²) >= 11 is 6.44. The second kappa shape index (κ2) is 7.61. The first-order chi connectivity index (χ1) is 13.6. The molecule has 3 aromatic rings. The van der Waals surface area contributed by atoms with E-state index in [1.807, 2.05) is 19.1 Å². The molecule has 1 fully saturated rings. The van der Waals surface area contributed by atoms with Crippen LogP contribution in [0.1, 0.15) is 18.2 Å². The van der Waals surface area contributed by atoms with E-state index in [0.29, 0.717) is 45.1 Å². The molecule has 1 saturated heterocycles. The number of nitrogens with one attached hydrogen (secondary N) is 1. The lowest BCUT2D eigenvalue weighted by atomic mass is 10.2. The number of rotatable bonds is 5. The molecule has 4 rings (SSSR count). The molecule has 0 aromatic carbocycles. The van der Waals surface area contributed by atoms with Crippen molar-refractivity contribution < 1.29 is 9.21 Å². The molecule has 0 radical (unpaired) electrons. The normalized spacial score (nSPS) is 15.8. The van der Waals surface area contributed by atoms with Crippen molar-refractivity contribution in [2.24, 2.45) is 0 Å². The van der Waals surface area contributed by atoms with E-state index in [-0.39, 0.29) is 11.5 Å². The lowest BCUT2D eigenvalue weighted by Gasteiger charge is -2.11. The van der Waals surface area contributed by atoms with Gasteiger partial charge in [0.05, 0.1) is 23.3 Å². The summed E-state index contributed by atoms with van der Waals surface area (Å²) in [6.45, 7) is 2.70. The molecular weight excluding hydrogens is 396 g/mol. The summed E-state index contributed by atoms with van der Waals surface area (Å²) in [6, 6.07) is 8.93. The van der Waals surface area contributed by atoms with Gasteiger partial charge in [0.1, 0.15) is 21.5 Å². The lowest BCUT2D eigenvalue weighted by Crippen LogP contribution is -2.27. The van der Waals surface area contributed by atoms with E-state index < -0.39 is 0 Å². The van der Waals surface area contributed by atoms with E-state index in [2.05, 4.69) is 10.3 Å². The maximum absolute atomic E-state index is 13.1. The Kier molecular flexibility index (Phi) is 5.01. The average molecular weight is 412 g/mol. The number of carbonyl (C=O) groups excluding carboxylic acids is 1. The van der Waals surface area contributed by atoms with Crippen LogP contribution in [0.2, 0.25) is 0 Å². The number of amides is 1. The number of hydrogen-bond acceptors (Lipinski definition) is 7. The Morgan fingerprint density at radius 3 is 2.86 bits per heavy atom. The van der Waals surface area contributed by atoms with Crippen LogP contribution in [0.15, 0.2) is 56.9 Å². The second-order valence-corrected chi connectivity index (χ2v) is 7.64. The minimum absolute atomic E-state index is 0.202. The highest BCUT2D eigenvalue weighted by molar-refractivity contribution is 8.26. The fourth-order valence-electron chi connectivity index (χ4n) is 2.86. The fourth-order valence-corrected chi connectivity index (χ4v) is 4.22. The zero-order valence-corrected chi connectivity index (χ0v) is 16.5. The molecule has 7 nitrogen and oxygen atoms in total. The molecule has 0 aliphatic carbocycles. The van der Waals surface area contributed by atoms with Crippen LogP contribution in [-0.4, -0.2) is 31.1 Å². The van der Waals surface area contributed by atoms with Crippen molar-refractivity contribution in [1.82, 2.24) is 14.3 Å². The van der Waals surface area contributed by atoms with Crippen LogP contribution >= 0.6 is 24.0 Å². The van der Waals surface area contributed by atoms with Gasteiger partial charge in [0.2, 0.25) is 0 Å². The first-order valence-corrected chi connectivity index (χ1v) is 9.84. The van der Waals surface area contributed by atoms with E-state index >= 15 is 0 Å². The smallest absolute Gasteiger partial charge is 0.267 e. The molecule has 142 valence electrons. The maximum Gasteiger partial charge on any atom is 0.267 e. The molecule has 0 spiro atoms. The molecule has 0 bridgehead atoms. The Bertz CT molecular complexity index is 1150. The first-order valence-electron chi connectivity index (χ1n) is 8.61. The van der Waals surface area contributed by atoms with Crippen LogP contribution in [0.5, 0.6) is 0 Å². The summed E-state index contributed by atoms with van der Waals surface area (Å²) in [7, 11) is 0. The molecule has 28 heavy (non-hydrogen) atoms. The summed E-state index contributed by atoms with van der Waals surface area (Å²) in [4.78, 5) is 32.1. The highest BCUT2D eigenvalue weighted by Gasteiger charge is 2.31. The molecule has 1 aliphatic rings. The Morgan fingerprint density at radius 1 is 1.29 bits per heavy atom. The molecule has 1 amide bonds. The maximum atomic E-state index is 13.1. The van der Waals surface area contributed by atoms with Crippen molar-refractivity contribution in [1.29, 1.82) is 0 Å². The van der Waals surface area contributed by atoms with Crippen LogP contribution in [0.4, 0.5) is 5.82 Å². The number of carbonyl (C=O) groups is 1. The molecule has 1 aliphatic heterocycles. The SMILES string of the molecule is CCN1C(=O)C(=Cc2c(NCc3ccco3)nc3ccccn3c2=O)SC1=S. The van der Waals surface area contributed by atoms with Gasteiger partial charge in [-0.25, -0.2) is 4.98 Å². The highest BCUT2D eigenvalue weighted by Crippen LogP contribution is 2.32. The van der Waals surface area contributed by atoms with Crippen molar-refractivity contribution in [3.8, 4) is 0 Å². The van der Waals surface area contributed by atoms with Crippen molar-refractivity contribution in [2.45, 2.75) is 13.5 Å². The zero-order chi connectivity index (χ0) is 19.7. The van der Waals surface area contributed by atoms with Gasteiger partial charge >= 0.3 is 0 Å². The largest absolute Gasteiger partial charge is 0.467 e. The molecule has 0 saturated carbocycles. The Balaban J connectivity index is 1.81. The monoisotopic (exact) mass is 412 g/mol. The Labute approximate surface area is 170 Å². The third-order valence-electron chi connectivity index (χ3n) is 4.24. The molecule has 4 heterocycles. The quantitative estimate of drug-likeness (QED) is 0.509. The van der Waals surface area contributed by atoms with Gasteiger partial charge in [-0.1, -0.05) is 30.0 Å². The molecule has 0 unspecified atom stereocenters. The number of aromatic nitrogens is 2. The third-order valence-corrected chi connectivity index (χ3v) is 5.62. The molecule has 9 heteroatoms. The van der Waals surface area contributed by atoms with Gasteiger partial charge in [0, 0.05) is 12.7 Å². The van der Waals surface area contributed by atoms with Crippen molar-refractivity contribution in [2.75, 3.05) is 11.9 Å². The number of anilines is 1. The standard InChI is InChI=1S/C19H16N4O3S2/c1-2-22-18(25)14(28-19(22)27)10-13-16(20-11-12-6-5-9-26-12)21-15-7-3-4-8-23(15)17(13)24/h3-10,20H,2,11H2,1H3. The van der Waals surface area contributed by atoms with Gasteiger partial charge in [-0.15, -0.1) is 0 Å².